The molecule has 2 aromatic heterocycles. The molecule has 0 bridgehead atoms. The van der Waals surface area contributed by atoms with Gasteiger partial charge in [0.25, 0.3) is 5.91 Å². The van der Waals surface area contributed by atoms with Crippen LogP contribution in [0.15, 0.2) is 34.9 Å². The molecule has 2 atom stereocenters. The lowest BCUT2D eigenvalue weighted by Gasteiger charge is -2.38. The van der Waals surface area contributed by atoms with Crippen LogP contribution in [0, 0.1) is 6.92 Å². The van der Waals surface area contributed by atoms with E-state index in [1.54, 1.807) is 6.26 Å². The molecule has 1 saturated heterocycles. The second-order valence-corrected chi connectivity index (χ2v) is 5.79. The standard InChI is InChI=1S/C17H21N3O2/c1-11-13(3)20(9-8-18-11)17(21)14-6-7-15(19-12(14)2)16-5-4-10-22-16/h4-7,10-11,13,18H,8-9H2,1-3H3. The summed E-state index contributed by atoms with van der Waals surface area (Å²) in [5.74, 6) is 0.767. The zero-order valence-corrected chi connectivity index (χ0v) is 13.2. The lowest BCUT2D eigenvalue weighted by atomic mass is 10.0. The number of carbonyl (C=O) groups excluding carboxylic acids is 1. The van der Waals surface area contributed by atoms with E-state index < -0.39 is 0 Å². The molecule has 1 N–H and O–H groups in total. The van der Waals surface area contributed by atoms with Gasteiger partial charge in [-0.25, -0.2) is 4.98 Å². The van der Waals surface area contributed by atoms with Gasteiger partial charge < -0.3 is 14.6 Å². The van der Waals surface area contributed by atoms with Crippen LogP contribution in [0.5, 0.6) is 0 Å². The molecule has 0 spiro atoms. The van der Waals surface area contributed by atoms with Crippen molar-refractivity contribution in [2.75, 3.05) is 13.1 Å². The molecular formula is C17H21N3O2. The average molecular weight is 299 g/mol. The van der Waals surface area contributed by atoms with Gasteiger partial charge in [-0.3, -0.25) is 4.79 Å². The van der Waals surface area contributed by atoms with Crippen molar-refractivity contribution in [3.05, 3.63) is 41.8 Å². The molecular weight excluding hydrogens is 278 g/mol. The maximum Gasteiger partial charge on any atom is 0.256 e. The summed E-state index contributed by atoms with van der Waals surface area (Å²) in [5.41, 5.74) is 2.15. The average Bonchev–Trinajstić information content (AvgIpc) is 3.03. The quantitative estimate of drug-likeness (QED) is 0.925. The number of pyridine rings is 1. The fourth-order valence-corrected chi connectivity index (χ4v) is 2.85. The lowest BCUT2D eigenvalue weighted by molar-refractivity contribution is 0.0601. The van der Waals surface area contributed by atoms with Crippen LogP contribution in [0.4, 0.5) is 0 Å². The third kappa shape index (κ3) is 2.64. The van der Waals surface area contributed by atoms with Gasteiger partial charge in [0.1, 0.15) is 5.69 Å². The van der Waals surface area contributed by atoms with Gasteiger partial charge >= 0.3 is 0 Å². The zero-order valence-electron chi connectivity index (χ0n) is 13.2. The summed E-state index contributed by atoms with van der Waals surface area (Å²) in [6, 6.07) is 7.86. The summed E-state index contributed by atoms with van der Waals surface area (Å²) in [4.78, 5) is 19.3. The minimum Gasteiger partial charge on any atom is -0.463 e. The number of piperazine rings is 1. The fourth-order valence-electron chi connectivity index (χ4n) is 2.85. The topological polar surface area (TPSA) is 58.4 Å². The Morgan fingerprint density at radius 1 is 1.36 bits per heavy atom. The Morgan fingerprint density at radius 3 is 2.86 bits per heavy atom. The maximum absolute atomic E-state index is 12.8. The number of nitrogens with one attached hydrogen (secondary N) is 1. The van der Waals surface area contributed by atoms with Crippen molar-refractivity contribution in [1.29, 1.82) is 0 Å². The van der Waals surface area contributed by atoms with Gasteiger partial charge in [0, 0.05) is 25.2 Å². The highest BCUT2D eigenvalue weighted by Gasteiger charge is 2.29. The second kappa shape index (κ2) is 5.93. The van der Waals surface area contributed by atoms with Crippen molar-refractivity contribution >= 4 is 5.91 Å². The van der Waals surface area contributed by atoms with Crippen LogP contribution in [0.25, 0.3) is 11.5 Å². The molecule has 1 fully saturated rings. The molecule has 22 heavy (non-hydrogen) atoms. The smallest absolute Gasteiger partial charge is 0.256 e. The van der Waals surface area contributed by atoms with Gasteiger partial charge in [-0.15, -0.1) is 0 Å². The molecule has 2 unspecified atom stereocenters. The Balaban J connectivity index is 1.87. The highest BCUT2D eigenvalue weighted by molar-refractivity contribution is 5.95. The van der Waals surface area contributed by atoms with Crippen LogP contribution in [0.1, 0.15) is 29.9 Å². The van der Waals surface area contributed by atoms with Crippen LogP contribution in [0.2, 0.25) is 0 Å². The first-order chi connectivity index (χ1) is 10.6. The number of nitrogens with zero attached hydrogens (tertiary/aromatic N) is 2. The molecule has 1 aliphatic rings. The molecule has 5 nitrogen and oxygen atoms in total. The van der Waals surface area contributed by atoms with Crippen LogP contribution in [0.3, 0.4) is 0 Å². The van der Waals surface area contributed by atoms with Crippen LogP contribution < -0.4 is 5.32 Å². The van der Waals surface area contributed by atoms with Gasteiger partial charge in [0.05, 0.1) is 17.5 Å². The molecule has 0 aromatic carbocycles. The first kappa shape index (κ1) is 14.8. The van der Waals surface area contributed by atoms with Crippen molar-refractivity contribution in [3.63, 3.8) is 0 Å². The van der Waals surface area contributed by atoms with E-state index in [1.807, 2.05) is 36.1 Å². The Labute approximate surface area is 130 Å². The molecule has 0 aliphatic carbocycles. The van der Waals surface area contributed by atoms with Crippen molar-refractivity contribution in [2.45, 2.75) is 32.9 Å². The van der Waals surface area contributed by atoms with Crippen molar-refractivity contribution < 1.29 is 9.21 Å². The number of aromatic nitrogens is 1. The second-order valence-electron chi connectivity index (χ2n) is 5.79. The molecule has 1 aliphatic heterocycles. The monoisotopic (exact) mass is 299 g/mol. The Morgan fingerprint density at radius 2 is 2.18 bits per heavy atom. The number of hydrogen-bond acceptors (Lipinski definition) is 4. The van der Waals surface area contributed by atoms with E-state index >= 15 is 0 Å². The summed E-state index contributed by atoms with van der Waals surface area (Å²) in [6.07, 6.45) is 1.62. The molecule has 0 saturated carbocycles. The molecule has 2 aromatic rings. The normalized spacial score (nSPS) is 21.9. The number of amides is 1. The Kier molecular flexibility index (Phi) is 3.98. The Hall–Kier alpha value is -2.14. The fraction of sp³-hybridized carbons (Fsp3) is 0.412. The predicted molar refractivity (Wildman–Crippen MR) is 84.6 cm³/mol. The SMILES string of the molecule is Cc1nc(-c2ccco2)ccc1C(=O)N1CCNC(C)C1C. The van der Waals surface area contributed by atoms with E-state index in [-0.39, 0.29) is 11.9 Å². The molecule has 116 valence electrons. The Bertz CT molecular complexity index is 667. The molecule has 5 heteroatoms. The van der Waals surface area contributed by atoms with E-state index in [4.69, 9.17) is 4.42 Å². The number of furan rings is 1. The predicted octanol–water partition coefficient (Wildman–Crippen LogP) is 2.47. The highest BCUT2D eigenvalue weighted by atomic mass is 16.3. The number of rotatable bonds is 2. The number of hydrogen-bond donors (Lipinski definition) is 1. The van der Waals surface area contributed by atoms with Gasteiger partial charge in [0.2, 0.25) is 0 Å². The number of aryl methyl sites for hydroxylation is 1. The highest BCUT2D eigenvalue weighted by Crippen LogP contribution is 2.21. The van der Waals surface area contributed by atoms with E-state index in [0.717, 1.165) is 24.5 Å². The van der Waals surface area contributed by atoms with Gasteiger partial charge in [0.15, 0.2) is 5.76 Å². The van der Waals surface area contributed by atoms with Crippen molar-refractivity contribution in [3.8, 4) is 11.5 Å². The van der Waals surface area contributed by atoms with E-state index in [1.165, 1.54) is 0 Å². The molecule has 3 heterocycles. The van der Waals surface area contributed by atoms with Gasteiger partial charge in [-0.1, -0.05) is 0 Å². The largest absolute Gasteiger partial charge is 0.463 e. The third-order valence-corrected chi connectivity index (χ3v) is 4.38. The van der Waals surface area contributed by atoms with Crippen LogP contribution in [-0.4, -0.2) is 41.0 Å². The van der Waals surface area contributed by atoms with E-state index in [0.29, 0.717) is 17.4 Å². The van der Waals surface area contributed by atoms with Gasteiger partial charge in [-0.2, -0.15) is 0 Å². The first-order valence-electron chi connectivity index (χ1n) is 7.64. The summed E-state index contributed by atoms with van der Waals surface area (Å²) < 4.78 is 5.36. The van der Waals surface area contributed by atoms with Gasteiger partial charge in [-0.05, 0) is 45.0 Å². The summed E-state index contributed by atoms with van der Waals surface area (Å²) >= 11 is 0. The minimum absolute atomic E-state index is 0.0526. The number of carbonyl (C=O) groups is 1. The maximum atomic E-state index is 12.8. The third-order valence-electron chi connectivity index (χ3n) is 4.38. The molecule has 0 radical (unpaired) electrons. The van der Waals surface area contributed by atoms with E-state index in [2.05, 4.69) is 24.1 Å². The summed E-state index contributed by atoms with van der Waals surface area (Å²) in [7, 11) is 0. The summed E-state index contributed by atoms with van der Waals surface area (Å²) in [6.45, 7) is 7.61. The van der Waals surface area contributed by atoms with Crippen LogP contribution >= 0.6 is 0 Å². The zero-order chi connectivity index (χ0) is 15.7. The molecule has 3 rings (SSSR count). The van der Waals surface area contributed by atoms with Crippen molar-refractivity contribution in [2.24, 2.45) is 0 Å². The molecule has 1 amide bonds. The lowest BCUT2D eigenvalue weighted by Crippen LogP contribution is -2.57. The summed E-state index contributed by atoms with van der Waals surface area (Å²) in [5, 5.41) is 3.39. The minimum atomic E-state index is 0.0526. The van der Waals surface area contributed by atoms with Crippen molar-refractivity contribution in [1.82, 2.24) is 15.2 Å². The first-order valence-corrected chi connectivity index (χ1v) is 7.64. The van der Waals surface area contributed by atoms with E-state index in [9.17, 15) is 4.79 Å². The van der Waals surface area contributed by atoms with Crippen LogP contribution in [-0.2, 0) is 0 Å².